The topological polar surface area (TPSA) is 68.4 Å². The first-order valence-corrected chi connectivity index (χ1v) is 11.8. The van der Waals surface area contributed by atoms with Crippen LogP contribution in [0.4, 0.5) is 0 Å². The van der Waals surface area contributed by atoms with Gasteiger partial charge in [0.05, 0.1) is 11.7 Å². The largest absolute Gasteiger partial charge is 0.476 e. The average Bonchev–Trinajstić information content (AvgIpc) is 3.32. The fourth-order valence-electron chi connectivity index (χ4n) is 4.64. The molecule has 0 atom stereocenters. The zero-order valence-electron chi connectivity index (χ0n) is 19.0. The number of hydrogen-bond donors (Lipinski definition) is 0. The van der Waals surface area contributed by atoms with Crippen LogP contribution in [0, 0.1) is 0 Å². The van der Waals surface area contributed by atoms with Crippen LogP contribution in [-0.2, 0) is 0 Å². The van der Waals surface area contributed by atoms with Crippen LogP contribution in [0.2, 0.25) is 0 Å². The fraction of sp³-hybridized carbons (Fsp3) is 0.259. The quantitative estimate of drug-likeness (QED) is 0.368. The molecule has 0 N–H and O–H groups in total. The highest BCUT2D eigenvalue weighted by Gasteiger charge is 2.13. The Bertz CT molecular complexity index is 1420. The zero-order valence-corrected chi connectivity index (χ0v) is 19.0. The molecule has 0 unspecified atom stereocenters. The Kier molecular flexibility index (Phi) is 5.61. The first-order valence-electron chi connectivity index (χ1n) is 11.8. The summed E-state index contributed by atoms with van der Waals surface area (Å²) in [6, 6.07) is 14.1. The molecule has 5 heterocycles. The highest BCUT2D eigenvalue weighted by molar-refractivity contribution is 5.97. The van der Waals surface area contributed by atoms with E-state index >= 15 is 0 Å². The van der Waals surface area contributed by atoms with Gasteiger partial charge in [0.2, 0.25) is 5.88 Å². The number of benzene rings is 1. The summed E-state index contributed by atoms with van der Waals surface area (Å²) >= 11 is 0. The van der Waals surface area contributed by atoms with Gasteiger partial charge < -0.3 is 4.74 Å². The van der Waals surface area contributed by atoms with Gasteiger partial charge in [-0.2, -0.15) is 5.10 Å². The van der Waals surface area contributed by atoms with E-state index < -0.39 is 0 Å². The van der Waals surface area contributed by atoms with Gasteiger partial charge in [-0.3, -0.25) is 9.88 Å². The van der Waals surface area contributed by atoms with Crippen LogP contribution in [0.1, 0.15) is 19.3 Å². The lowest BCUT2D eigenvalue weighted by molar-refractivity contribution is 0.180. The van der Waals surface area contributed by atoms with Crippen molar-refractivity contribution in [1.82, 2.24) is 29.5 Å². The maximum absolute atomic E-state index is 5.87. The van der Waals surface area contributed by atoms with Crippen molar-refractivity contribution in [3.63, 3.8) is 0 Å². The second kappa shape index (κ2) is 9.19. The van der Waals surface area contributed by atoms with Crippen LogP contribution in [0.25, 0.3) is 38.8 Å². The minimum absolute atomic E-state index is 0.653. The smallest absolute Gasteiger partial charge is 0.213 e. The fourth-order valence-corrected chi connectivity index (χ4v) is 4.64. The number of nitrogens with zero attached hydrogens (tertiary/aromatic N) is 6. The number of rotatable bonds is 6. The molecule has 0 amide bonds. The van der Waals surface area contributed by atoms with Crippen LogP contribution in [0.3, 0.4) is 0 Å². The second-order valence-electron chi connectivity index (χ2n) is 8.68. The molecule has 0 saturated carbocycles. The van der Waals surface area contributed by atoms with E-state index in [4.69, 9.17) is 9.72 Å². The summed E-state index contributed by atoms with van der Waals surface area (Å²) in [7, 11) is 0. The van der Waals surface area contributed by atoms with E-state index in [9.17, 15) is 0 Å². The molecule has 1 aliphatic heterocycles. The number of fused-ring (bicyclic) bond motifs is 2. The molecular formula is C27H26N6O. The normalized spacial score (nSPS) is 14.6. The standard InChI is InChI=1S/C27H26N6O/c1-4-12-32(13-5-1)14-15-34-26-9-8-20(16-29-26)21-17-30-27-24(18-31-33(27)19-21)22-10-11-28-25-7-3-2-6-23(22)25/h2-3,6-11,16-19H,1,4-5,12-15H2. The van der Waals surface area contributed by atoms with Gasteiger partial charge in [0.25, 0.3) is 0 Å². The number of piperidine rings is 1. The van der Waals surface area contributed by atoms with Crippen molar-refractivity contribution in [2.45, 2.75) is 19.3 Å². The number of hydrogen-bond acceptors (Lipinski definition) is 6. The average molecular weight is 451 g/mol. The number of pyridine rings is 2. The molecule has 34 heavy (non-hydrogen) atoms. The molecule has 0 aliphatic carbocycles. The number of aromatic nitrogens is 5. The van der Waals surface area contributed by atoms with Crippen LogP contribution in [0.5, 0.6) is 5.88 Å². The van der Waals surface area contributed by atoms with Gasteiger partial charge in [0, 0.05) is 59.5 Å². The third-order valence-electron chi connectivity index (χ3n) is 6.47. The Morgan fingerprint density at radius 3 is 2.56 bits per heavy atom. The predicted molar refractivity (Wildman–Crippen MR) is 133 cm³/mol. The minimum Gasteiger partial charge on any atom is -0.476 e. The van der Waals surface area contributed by atoms with E-state index in [0.717, 1.165) is 45.3 Å². The summed E-state index contributed by atoms with van der Waals surface area (Å²) in [5.74, 6) is 0.653. The lowest BCUT2D eigenvalue weighted by Gasteiger charge is -2.26. The number of para-hydroxylation sites is 1. The summed E-state index contributed by atoms with van der Waals surface area (Å²) in [4.78, 5) is 16.2. The molecule has 4 aromatic heterocycles. The molecule has 6 rings (SSSR count). The zero-order chi connectivity index (χ0) is 22.7. The first-order chi connectivity index (χ1) is 16.8. The Balaban J connectivity index is 1.20. The van der Waals surface area contributed by atoms with Gasteiger partial charge >= 0.3 is 0 Å². The van der Waals surface area contributed by atoms with Crippen molar-refractivity contribution in [1.29, 1.82) is 0 Å². The Morgan fingerprint density at radius 2 is 1.68 bits per heavy atom. The molecule has 1 aliphatic rings. The molecule has 0 spiro atoms. The highest BCUT2D eigenvalue weighted by atomic mass is 16.5. The van der Waals surface area contributed by atoms with E-state index in [1.807, 2.05) is 71.9 Å². The molecule has 1 saturated heterocycles. The molecule has 7 nitrogen and oxygen atoms in total. The van der Waals surface area contributed by atoms with Crippen molar-refractivity contribution >= 4 is 16.6 Å². The van der Waals surface area contributed by atoms with Crippen molar-refractivity contribution in [2.24, 2.45) is 0 Å². The van der Waals surface area contributed by atoms with Crippen molar-refractivity contribution in [2.75, 3.05) is 26.2 Å². The SMILES string of the molecule is c1ccc2c(-c3cnn4cc(-c5ccc(OCCN6CCCCC6)nc5)cnc34)ccnc2c1. The minimum atomic E-state index is 0.653. The van der Waals surface area contributed by atoms with E-state index in [0.29, 0.717) is 12.5 Å². The van der Waals surface area contributed by atoms with Crippen LogP contribution in [0.15, 0.2) is 73.4 Å². The monoisotopic (exact) mass is 450 g/mol. The van der Waals surface area contributed by atoms with Gasteiger partial charge in [-0.1, -0.05) is 24.6 Å². The highest BCUT2D eigenvalue weighted by Crippen LogP contribution is 2.30. The molecule has 0 radical (unpaired) electrons. The van der Waals surface area contributed by atoms with E-state index in [-0.39, 0.29) is 0 Å². The molecule has 7 heteroatoms. The maximum Gasteiger partial charge on any atom is 0.213 e. The third kappa shape index (κ3) is 4.10. The first kappa shape index (κ1) is 20.7. The van der Waals surface area contributed by atoms with Gasteiger partial charge in [-0.25, -0.2) is 14.5 Å². The van der Waals surface area contributed by atoms with Crippen molar-refractivity contribution < 1.29 is 4.74 Å². The third-order valence-corrected chi connectivity index (χ3v) is 6.47. The maximum atomic E-state index is 5.87. The second-order valence-corrected chi connectivity index (χ2v) is 8.68. The van der Waals surface area contributed by atoms with E-state index in [1.165, 1.54) is 32.4 Å². The number of likely N-dealkylation sites (tertiary alicyclic amines) is 1. The summed E-state index contributed by atoms with van der Waals surface area (Å²) in [5.41, 5.74) is 5.76. The lowest BCUT2D eigenvalue weighted by Crippen LogP contribution is -2.33. The van der Waals surface area contributed by atoms with Crippen LogP contribution < -0.4 is 4.74 Å². The number of ether oxygens (including phenoxy) is 1. The van der Waals surface area contributed by atoms with Crippen LogP contribution >= 0.6 is 0 Å². The lowest BCUT2D eigenvalue weighted by atomic mass is 10.0. The molecule has 170 valence electrons. The van der Waals surface area contributed by atoms with Gasteiger partial charge in [-0.05, 0) is 49.7 Å². The molecule has 5 aromatic rings. The molecular weight excluding hydrogens is 424 g/mol. The van der Waals surface area contributed by atoms with Gasteiger partial charge in [0.15, 0.2) is 5.65 Å². The Labute approximate surface area is 198 Å². The summed E-state index contributed by atoms with van der Waals surface area (Å²) in [5, 5.41) is 5.66. The summed E-state index contributed by atoms with van der Waals surface area (Å²) in [6.45, 7) is 3.98. The summed E-state index contributed by atoms with van der Waals surface area (Å²) in [6.07, 6.45) is 13.3. The predicted octanol–water partition coefficient (Wildman–Crippen LogP) is 4.87. The Morgan fingerprint density at radius 1 is 0.794 bits per heavy atom. The van der Waals surface area contributed by atoms with Crippen LogP contribution in [-0.4, -0.2) is 55.7 Å². The van der Waals surface area contributed by atoms with E-state index in [1.54, 1.807) is 0 Å². The Hall–Kier alpha value is -3.84. The molecule has 1 aromatic carbocycles. The molecule has 0 bridgehead atoms. The van der Waals surface area contributed by atoms with Gasteiger partial charge in [0.1, 0.15) is 6.61 Å². The molecule has 1 fully saturated rings. The van der Waals surface area contributed by atoms with E-state index in [2.05, 4.69) is 26.0 Å². The summed E-state index contributed by atoms with van der Waals surface area (Å²) < 4.78 is 7.69. The van der Waals surface area contributed by atoms with Crippen molar-refractivity contribution in [3.05, 3.63) is 73.4 Å². The van der Waals surface area contributed by atoms with Gasteiger partial charge in [-0.15, -0.1) is 0 Å². The van der Waals surface area contributed by atoms with Crippen molar-refractivity contribution in [3.8, 4) is 28.1 Å².